The van der Waals surface area contributed by atoms with Crippen LogP contribution in [0.25, 0.3) is 0 Å². The first-order chi connectivity index (χ1) is 12.7. The molecular formula is C22H31Cl2N3O. The van der Waals surface area contributed by atoms with Crippen molar-refractivity contribution in [2.45, 2.75) is 32.2 Å². The van der Waals surface area contributed by atoms with Gasteiger partial charge < -0.3 is 15.5 Å². The average molecular weight is 424 g/mol. The number of halogens is 2. The van der Waals surface area contributed by atoms with Crippen molar-refractivity contribution in [3.05, 3.63) is 60.2 Å². The molecular weight excluding hydrogens is 393 g/mol. The third-order valence-electron chi connectivity index (χ3n) is 5.09. The molecule has 154 valence electrons. The lowest BCUT2D eigenvalue weighted by Crippen LogP contribution is -2.28. The highest BCUT2D eigenvalue weighted by molar-refractivity contribution is 5.94. The molecule has 0 bridgehead atoms. The Morgan fingerprint density at radius 2 is 1.68 bits per heavy atom. The Morgan fingerprint density at radius 1 is 1.04 bits per heavy atom. The predicted octanol–water partition coefficient (Wildman–Crippen LogP) is 4.88. The van der Waals surface area contributed by atoms with Crippen LogP contribution in [0.1, 0.15) is 31.2 Å². The van der Waals surface area contributed by atoms with E-state index in [-0.39, 0.29) is 30.7 Å². The van der Waals surface area contributed by atoms with Crippen LogP contribution in [0.5, 0.6) is 0 Å². The highest BCUT2D eigenvalue weighted by atomic mass is 35.5. The molecule has 0 aromatic heterocycles. The summed E-state index contributed by atoms with van der Waals surface area (Å²) in [7, 11) is 2.06. The van der Waals surface area contributed by atoms with E-state index in [9.17, 15) is 4.79 Å². The fourth-order valence-electron chi connectivity index (χ4n) is 3.57. The fraction of sp³-hybridized carbons (Fsp3) is 0.409. The molecule has 1 aliphatic rings. The number of carbonyl (C=O) groups excluding carboxylic acids is 1. The van der Waals surface area contributed by atoms with Crippen LogP contribution in [0, 0.1) is 5.92 Å². The lowest BCUT2D eigenvalue weighted by atomic mass is 9.93. The van der Waals surface area contributed by atoms with Gasteiger partial charge in [0, 0.05) is 20.0 Å². The predicted molar refractivity (Wildman–Crippen MR) is 123 cm³/mol. The van der Waals surface area contributed by atoms with Crippen molar-refractivity contribution in [1.29, 1.82) is 0 Å². The molecule has 28 heavy (non-hydrogen) atoms. The molecule has 2 aromatic rings. The number of benzene rings is 2. The summed E-state index contributed by atoms with van der Waals surface area (Å²) in [4.78, 5) is 14.6. The minimum absolute atomic E-state index is 0. The molecule has 0 aliphatic carbocycles. The second-order valence-electron chi connectivity index (χ2n) is 7.14. The number of nitrogens with one attached hydrogen (secondary N) is 2. The minimum Gasteiger partial charge on any atom is -0.369 e. The smallest absolute Gasteiger partial charge is 0.224 e. The maximum Gasteiger partial charge on any atom is 0.224 e. The van der Waals surface area contributed by atoms with Crippen molar-refractivity contribution in [3.63, 3.8) is 0 Å². The first-order valence-electron chi connectivity index (χ1n) is 9.57. The first kappa shape index (κ1) is 24.3. The Balaban J connectivity index is 0.00000196. The van der Waals surface area contributed by atoms with Crippen molar-refractivity contribution in [3.8, 4) is 0 Å². The number of piperidine rings is 1. The molecule has 3 rings (SSSR count). The molecule has 2 aromatic carbocycles. The molecule has 2 N–H and O–H groups in total. The number of hydrogen-bond acceptors (Lipinski definition) is 3. The topological polar surface area (TPSA) is 44.4 Å². The molecule has 0 atom stereocenters. The molecule has 4 nitrogen and oxygen atoms in total. The van der Waals surface area contributed by atoms with Gasteiger partial charge in [-0.1, -0.05) is 42.5 Å². The monoisotopic (exact) mass is 423 g/mol. The van der Waals surface area contributed by atoms with Gasteiger partial charge in [0.1, 0.15) is 0 Å². The van der Waals surface area contributed by atoms with Crippen LogP contribution in [0.2, 0.25) is 0 Å². The quantitative estimate of drug-likeness (QED) is 0.666. The van der Waals surface area contributed by atoms with E-state index in [1.54, 1.807) is 0 Å². The number of amides is 1. The molecule has 0 radical (unpaired) electrons. The van der Waals surface area contributed by atoms with E-state index in [2.05, 4.69) is 52.9 Å². The van der Waals surface area contributed by atoms with Gasteiger partial charge in [-0.05, 0) is 56.0 Å². The Hall–Kier alpha value is -1.75. The van der Waals surface area contributed by atoms with E-state index >= 15 is 0 Å². The summed E-state index contributed by atoms with van der Waals surface area (Å²) in [5.41, 5.74) is 3.19. The van der Waals surface area contributed by atoms with E-state index in [0.29, 0.717) is 12.3 Å². The van der Waals surface area contributed by atoms with Gasteiger partial charge in [-0.3, -0.25) is 4.79 Å². The second kappa shape index (κ2) is 12.7. The van der Waals surface area contributed by atoms with Crippen molar-refractivity contribution in [2.75, 3.05) is 30.4 Å². The van der Waals surface area contributed by atoms with Gasteiger partial charge in [0.25, 0.3) is 0 Å². The van der Waals surface area contributed by atoms with E-state index in [0.717, 1.165) is 37.4 Å². The molecule has 1 heterocycles. The maximum atomic E-state index is 12.4. The van der Waals surface area contributed by atoms with Crippen LogP contribution < -0.4 is 15.5 Å². The molecule has 1 amide bonds. The summed E-state index contributed by atoms with van der Waals surface area (Å²) in [5.74, 6) is 0.794. The lowest BCUT2D eigenvalue weighted by Gasteiger charge is -2.24. The highest BCUT2D eigenvalue weighted by Crippen LogP contribution is 2.26. The number of carbonyl (C=O) groups is 1. The van der Waals surface area contributed by atoms with Crippen molar-refractivity contribution >= 4 is 42.1 Å². The zero-order valence-corrected chi connectivity index (χ0v) is 18.0. The van der Waals surface area contributed by atoms with Gasteiger partial charge >= 0.3 is 0 Å². The standard InChI is InChI=1S/C22H29N3O.2ClH/c1-25(17-19-7-3-2-4-8-19)21-10-6-5-9-20(21)24-22(26)12-11-18-13-15-23-16-14-18;;/h2-10,18,23H,11-17H2,1H3,(H,24,26);2*1H. The Kier molecular flexibility index (Phi) is 11.0. The third-order valence-corrected chi connectivity index (χ3v) is 5.09. The number of rotatable bonds is 7. The van der Waals surface area contributed by atoms with Gasteiger partial charge in [-0.2, -0.15) is 0 Å². The van der Waals surface area contributed by atoms with Gasteiger partial charge in [-0.25, -0.2) is 0 Å². The van der Waals surface area contributed by atoms with Crippen LogP contribution in [0.15, 0.2) is 54.6 Å². The number of para-hydroxylation sites is 2. The van der Waals surface area contributed by atoms with Crippen molar-refractivity contribution < 1.29 is 4.79 Å². The maximum absolute atomic E-state index is 12.4. The van der Waals surface area contributed by atoms with Crippen LogP contribution in [-0.2, 0) is 11.3 Å². The molecule has 0 unspecified atom stereocenters. The van der Waals surface area contributed by atoms with Crippen LogP contribution in [0.4, 0.5) is 11.4 Å². The van der Waals surface area contributed by atoms with E-state index in [1.165, 1.54) is 18.4 Å². The number of nitrogens with zero attached hydrogens (tertiary/aromatic N) is 1. The Bertz CT molecular complexity index is 706. The molecule has 1 fully saturated rings. The summed E-state index contributed by atoms with van der Waals surface area (Å²) in [6.07, 6.45) is 3.95. The highest BCUT2D eigenvalue weighted by Gasteiger charge is 2.15. The normalized spacial score (nSPS) is 13.8. The summed E-state index contributed by atoms with van der Waals surface area (Å²) in [5, 5.41) is 6.50. The molecule has 1 aliphatic heterocycles. The molecule has 0 saturated carbocycles. The third kappa shape index (κ3) is 7.34. The first-order valence-corrected chi connectivity index (χ1v) is 9.57. The summed E-state index contributed by atoms with van der Waals surface area (Å²) >= 11 is 0. The number of hydrogen-bond donors (Lipinski definition) is 2. The van der Waals surface area contributed by atoms with Crippen LogP contribution in [-0.4, -0.2) is 26.0 Å². The Labute approximate surface area is 180 Å². The SMILES string of the molecule is CN(Cc1ccccc1)c1ccccc1NC(=O)CCC1CCNCC1.Cl.Cl. The van der Waals surface area contributed by atoms with Gasteiger partial charge in [0.2, 0.25) is 5.91 Å². The van der Waals surface area contributed by atoms with Gasteiger partial charge in [0.05, 0.1) is 11.4 Å². The Morgan fingerprint density at radius 3 is 2.39 bits per heavy atom. The van der Waals surface area contributed by atoms with E-state index in [1.807, 2.05) is 24.3 Å². The molecule has 1 saturated heterocycles. The average Bonchev–Trinajstić information content (AvgIpc) is 2.68. The van der Waals surface area contributed by atoms with Gasteiger partial charge in [0.15, 0.2) is 0 Å². The van der Waals surface area contributed by atoms with Gasteiger partial charge in [-0.15, -0.1) is 24.8 Å². The summed E-state index contributed by atoms with van der Waals surface area (Å²) in [6.45, 7) is 2.97. The lowest BCUT2D eigenvalue weighted by molar-refractivity contribution is -0.116. The van der Waals surface area contributed by atoms with Crippen molar-refractivity contribution in [1.82, 2.24) is 5.32 Å². The molecule has 6 heteroatoms. The summed E-state index contributed by atoms with van der Waals surface area (Å²) < 4.78 is 0. The largest absolute Gasteiger partial charge is 0.369 e. The van der Waals surface area contributed by atoms with E-state index < -0.39 is 0 Å². The fourth-order valence-corrected chi connectivity index (χ4v) is 3.57. The zero-order valence-electron chi connectivity index (χ0n) is 16.4. The number of anilines is 2. The molecule has 0 spiro atoms. The summed E-state index contributed by atoms with van der Waals surface area (Å²) in [6, 6.07) is 18.4. The minimum atomic E-state index is 0. The van der Waals surface area contributed by atoms with Crippen LogP contribution in [0.3, 0.4) is 0 Å². The second-order valence-corrected chi connectivity index (χ2v) is 7.14. The van der Waals surface area contributed by atoms with Crippen LogP contribution >= 0.6 is 24.8 Å². The zero-order chi connectivity index (χ0) is 18.2. The van der Waals surface area contributed by atoms with Crippen molar-refractivity contribution in [2.24, 2.45) is 5.92 Å². The van der Waals surface area contributed by atoms with E-state index in [4.69, 9.17) is 0 Å².